The molecule has 2 atom stereocenters. The Morgan fingerprint density at radius 2 is 2.10 bits per heavy atom. The number of likely N-dealkylation sites (tertiary alicyclic amines) is 1. The molecule has 112 valence electrons. The van der Waals surface area contributed by atoms with Crippen LogP contribution in [0.2, 0.25) is 0 Å². The zero-order valence-electron chi connectivity index (χ0n) is 13.4. The van der Waals surface area contributed by atoms with Crippen LogP contribution in [0.25, 0.3) is 0 Å². The Morgan fingerprint density at radius 1 is 1.40 bits per heavy atom. The standard InChI is InChI=1S/C17H28N2O/c1-11(2)14-8-15(12(3)6-17(14)20-5)16-7-13(9-18)10-19(16)4/h6,8,11,13,16H,7,9-10,18H2,1-5H3. The Bertz CT molecular complexity index is 470. The Hall–Kier alpha value is -1.06. The second kappa shape index (κ2) is 6.15. The van der Waals surface area contributed by atoms with Crippen LogP contribution in [0, 0.1) is 12.8 Å². The van der Waals surface area contributed by atoms with E-state index in [0.717, 1.165) is 25.3 Å². The number of ether oxygens (including phenoxy) is 1. The summed E-state index contributed by atoms with van der Waals surface area (Å²) < 4.78 is 5.54. The fourth-order valence-corrected chi connectivity index (χ4v) is 3.34. The first-order valence-corrected chi connectivity index (χ1v) is 7.56. The van der Waals surface area contributed by atoms with Crippen LogP contribution in [-0.2, 0) is 0 Å². The van der Waals surface area contributed by atoms with Crippen molar-refractivity contribution in [3.05, 3.63) is 28.8 Å². The predicted molar refractivity (Wildman–Crippen MR) is 84.4 cm³/mol. The van der Waals surface area contributed by atoms with E-state index in [4.69, 9.17) is 10.5 Å². The highest BCUT2D eigenvalue weighted by atomic mass is 16.5. The maximum absolute atomic E-state index is 5.85. The van der Waals surface area contributed by atoms with Gasteiger partial charge >= 0.3 is 0 Å². The maximum Gasteiger partial charge on any atom is 0.122 e. The molecule has 1 heterocycles. The van der Waals surface area contributed by atoms with Crippen LogP contribution in [0.3, 0.4) is 0 Å². The topological polar surface area (TPSA) is 38.5 Å². The summed E-state index contributed by atoms with van der Waals surface area (Å²) in [6.07, 6.45) is 1.16. The first-order chi connectivity index (χ1) is 9.47. The van der Waals surface area contributed by atoms with Crippen LogP contribution in [0.1, 0.15) is 48.9 Å². The van der Waals surface area contributed by atoms with Crippen molar-refractivity contribution in [2.45, 2.75) is 39.2 Å². The summed E-state index contributed by atoms with van der Waals surface area (Å²) in [5.74, 6) is 2.10. The van der Waals surface area contributed by atoms with Gasteiger partial charge in [-0.15, -0.1) is 0 Å². The second-order valence-corrected chi connectivity index (χ2v) is 6.40. The lowest BCUT2D eigenvalue weighted by atomic mass is 9.91. The van der Waals surface area contributed by atoms with Gasteiger partial charge in [-0.3, -0.25) is 4.90 Å². The van der Waals surface area contributed by atoms with Gasteiger partial charge in [-0.1, -0.05) is 19.9 Å². The molecule has 0 spiro atoms. The molecule has 0 saturated carbocycles. The zero-order chi connectivity index (χ0) is 14.9. The molecule has 3 heteroatoms. The highest BCUT2D eigenvalue weighted by Crippen LogP contribution is 2.39. The van der Waals surface area contributed by atoms with E-state index in [2.05, 4.69) is 44.9 Å². The number of methoxy groups -OCH3 is 1. The number of benzene rings is 1. The maximum atomic E-state index is 5.85. The minimum absolute atomic E-state index is 0.473. The molecule has 0 radical (unpaired) electrons. The van der Waals surface area contributed by atoms with Crippen molar-refractivity contribution in [2.24, 2.45) is 11.7 Å². The largest absolute Gasteiger partial charge is 0.496 e. The highest BCUT2D eigenvalue weighted by molar-refractivity contribution is 5.45. The summed E-state index contributed by atoms with van der Waals surface area (Å²) in [6, 6.07) is 5.03. The Balaban J connectivity index is 2.39. The number of rotatable bonds is 4. The van der Waals surface area contributed by atoms with E-state index < -0.39 is 0 Å². The molecule has 0 aromatic heterocycles. The lowest BCUT2D eigenvalue weighted by Gasteiger charge is -2.24. The molecule has 1 fully saturated rings. The van der Waals surface area contributed by atoms with E-state index in [1.54, 1.807) is 7.11 Å². The molecule has 2 rings (SSSR count). The highest BCUT2D eigenvalue weighted by Gasteiger charge is 2.31. The summed E-state index contributed by atoms with van der Waals surface area (Å²) in [6.45, 7) is 8.51. The van der Waals surface area contributed by atoms with Crippen LogP contribution in [0.4, 0.5) is 0 Å². The monoisotopic (exact) mass is 276 g/mol. The summed E-state index contributed by atoms with van der Waals surface area (Å²) in [5.41, 5.74) is 9.91. The van der Waals surface area contributed by atoms with E-state index in [1.807, 2.05) is 0 Å². The van der Waals surface area contributed by atoms with E-state index >= 15 is 0 Å². The van der Waals surface area contributed by atoms with E-state index in [-0.39, 0.29) is 0 Å². The quantitative estimate of drug-likeness (QED) is 0.918. The Kier molecular flexibility index (Phi) is 4.71. The van der Waals surface area contributed by atoms with Gasteiger partial charge in [-0.2, -0.15) is 0 Å². The van der Waals surface area contributed by atoms with Crippen molar-refractivity contribution in [3.63, 3.8) is 0 Å². The van der Waals surface area contributed by atoms with Crippen molar-refractivity contribution < 1.29 is 4.74 Å². The molecular weight excluding hydrogens is 248 g/mol. The normalized spacial score (nSPS) is 23.6. The lowest BCUT2D eigenvalue weighted by Crippen LogP contribution is -2.21. The van der Waals surface area contributed by atoms with Crippen LogP contribution in [0.5, 0.6) is 5.75 Å². The number of hydrogen-bond donors (Lipinski definition) is 1. The van der Waals surface area contributed by atoms with E-state index in [0.29, 0.717) is 17.9 Å². The molecular formula is C17H28N2O. The molecule has 1 aromatic carbocycles. The molecule has 3 nitrogen and oxygen atoms in total. The summed E-state index contributed by atoms with van der Waals surface area (Å²) in [5, 5.41) is 0. The molecule has 1 saturated heterocycles. The third-order valence-corrected chi connectivity index (χ3v) is 4.57. The van der Waals surface area contributed by atoms with Gasteiger partial charge in [0.1, 0.15) is 5.75 Å². The first kappa shape index (κ1) is 15.3. The van der Waals surface area contributed by atoms with Gasteiger partial charge in [0.25, 0.3) is 0 Å². The SMILES string of the molecule is COc1cc(C)c(C2CC(CN)CN2C)cc1C(C)C. The van der Waals surface area contributed by atoms with E-state index in [9.17, 15) is 0 Å². The molecule has 1 aromatic rings. The van der Waals surface area contributed by atoms with Gasteiger partial charge in [-0.05, 0) is 61.5 Å². The van der Waals surface area contributed by atoms with Crippen LogP contribution in [0.15, 0.2) is 12.1 Å². The Labute approximate surface area is 123 Å². The van der Waals surface area contributed by atoms with Gasteiger partial charge in [-0.25, -0.2) is 0 Å². The van der Waals surface area contributed by atoms with Crippen molar-refractivity contribution in [1.82, 2.24) is 4.90 Å². The summed E-state index contributed by atoms with van der Waals surface area (Å²) in [4.78, 5) is 2.44. The van der Waals surface area contributed by atoms with Crippen molar-refractivity contribution in [3.8, 4) is 5.75 Å². The number of hydrogen-bond acceptors (Lipinski definition) is 3. The molecule has 2 N–H and O–H groups in total. The number of aryl methyl sites for hydroxylation is 1. The molecule has 1 aliphatic rings. The summed E-state index contributed by atoms with van der Waals surface area (Å²) in [7, 11) is 3.96. The summed E-state index contributed by atoms with van der Waals surface area (Å²) >= 11 is 0. The van der Waals surface area contributed by atoms with Gasteiger partial charge in [0.05, 0.1) is 7.11 Å². The number of nitrogens with two attached hydrogens (primary N) is 1. The van der Waals surface area contributed by atoms with Gasteiger partial charge in [0, 0.05) is 12.6 Å². The van der Waals surface area contributed by atoms with Crippen LogP contribution >= 0.6 is 0 Å². The second-order valence-electron chi connectivity index (χ2n) is 6.40. The first-order valence-electron chi connectivity index (χ1n) is 7.56. The van der Waals surface area contributed by atoms with Crippen molar-refractivity contribution in [2.75, 3.05) is 27.2 Å². The minimum atomic E-state index is 0.473. The average Bonchev–Trinajstić information content (AvgIpc) is 2.79. The molecule has 2 unspecified atom stereocenters. The van der Waals surface area contributed by atoms with Gasteiger partial charge in [0.2, 0.25) is 0 Å². The third-order valence-electron chi connectivity index (χ3n) is 4.57. The molecule has 0 aliphatic carbocycles. The van der Waals surface area contributed by atoms with Gasteiger partial charge < -0.3 is 10.5 Å². The number of nitrogens with zero attached hydrogens (tertiary/aromatic N) is 1. The average molecular weight is 276 g/mol. The van der Waals surface area contributed by atoms with Crippen molar-refractivity contribution >= 4 is 0 Å². The molecule has 1 aliphatic heterocycles. The zero-order valence-corrected chi connectivity index (χ0v) is 13.4. The Morgan fingerprint density at radius 3 is 2.60 bits per heavy atom. The smallest absolute Gasteiger partial charge is 0.122 e. The van der Waals surface area contributed by atoms with Crippen LogP contribution in [-0.4, -0.2) is 32.1 Å². The molecule has 0 bridgehead atoms. The predicted octanol–water partition coefficient (Wildman–Crippen LogP) is 3.08. The fraction of sp³-hybridized carbons (Fsp3) is 0.647. The van der Waals surface area contributed by atoms with Crippen LogP contribution < -0.4 is 10.5 Å². The fourth-order valence-electron chi connectivity index (χ4n) is 3.34. The lowest BCUT2D eigenvalue weighted by molar-refractivity contribution is 0.312. The van der Waals surface area contributed by atoms with Gasteiger partial charge in [0.15, 0.2) is 0 Å². The molecule has 0 amide bonds. The molecule has 20 heavy (non-hydrogen) atoms. The minimum Gasteiger partial charge on any atom is -0.496 e. The van der Waals surface area contributed by atoms with E-state index in [1.165, 1.54) is 16.7 Å². The third kappa shape index (κ3) is 2.84. The van der Waals surface area contributed by atoms with Crippen molar-refractivity contribution in [1.29, 1.82) is 0 Å².